The molecule has 28 heavy (non-hydrogen) atoms. The number of hydrogen-bond donors (Lipinski definition) is 0. The largest absolute Gasteiger partial charge is 0.270 e. The van der Waals surface area contributed by atoms with Gasteiger partial charge in [0.15, 0.2) is 0 Å². The average Bonchev–Trinajstić information content (AvgIpc) is 3.05. The molecule has 3 aromatic rings. The van der Waals surface area contributed by atoms with Crippen molar-refractivity contribution >= 4 is 40.0 Å². The Morgan fingerprint density at radius 3 is 2.57 bits per heavy atom. The Labute approximate surface area is 172 Å². The highest BCUT2D eigenvalue weighted by Crippen LogP contribution is 2.35. The van der Waals surface area contributed by atoms with Crippen molar-refractivity contribution in [1.82, 2.24) is 4.98 Å². The van der Waals surface area contributed by atoms with E-state index in [-0.39, 0.29) is 11.1 Å². The first-order valence-electron chi connectivity index (χ1n) is 8.75. The number of halogens is 1. The van der Waals surface area contributed by atoms with Gasteiger partial charge in [-0.3, -0.25) is 10.1 Å². The summed E-state index contributed by atoms with van der Waals surface area (Å²) in [5.41, 5.74) is 2.77. The molecule has 0 atom stereocenters. The molecule has 0 unspecified atom stereocenters. The van der Waals surface area contributed by atoms with Crippen LogP contribution in [0.25, 0.3) is 0 Å². The molecule has 5 nitrogen and oxygen atoms in total. The monoisotopic (exact) mass is 413 g/mol. The minimum Gasteiger partial charge on any atom is -0.258 e. The number of nitro groups is 1. The number of thiazole rings is 1. The van der Waals surface area contributed by atoms with Crippen LogP contribution in [-0.2, 0) is 11.8 Å². The molecule has 0 radical (unpaired) electrons. The maximum atomic E-state index is 10.9. The van der Waals surface area contributed by atoms with Crippen molar-refractivity contribution in [3.63, 3.8) is 0 Å². The van der Waals surface area contributed by atoms with Crippen LogP contribution in [0.3, 0.4) is 0 Å². The Balaban J connectivity index is 1.90. The molecule has 0 saturated heterocycles. The highest BCUT2D eigenvalue weighted by molar-refractivity contribution is 7.15. The first-order valence-corrected chi connectivity index (χ1v) is 9.95. The molecular weight excluding hydrogens is 394 g/mol. The van der Waals surface area contributed by atoms with Gasteiger partial charge in [-0.15, -0.1) is 0 Å². The van der Waals surface area contributed by atoms with Crippen molar-refractivity contribution in [3.05, 3.63) is 85.4 Å². The Hall–Kier alpha value is -2.57. The number of aromatic nitrogens is 1. The van der Waals surface area contributed by atoms with E-state index in [2.05, 4.69) is 25.8 Å². The molecule has 0 bridgehead atoms. The third-order valence-electron chi connectivity index (χ3n) is 4.08. The number of benzene rings is 2. The summed E-state index contributed by atoms with van der Waals surface area (Å²) >= 11 is 7.52. The fourth-order valence-corrected chi connectivity index (χ4v) is 4.01. The SMILES string of the molecule is CC(C)(C)c1nc(N=Cc2cccc([N+](=O)[O-])c2)sc1Cc1ccc(Cl)cc1. The van der Waals surface area contributed by atoms with Crippen LogP contribution in [0.4, 0.5) is 10.8 Å². The summed E-state index contributed by atoms with van der Waals surface area (Å²) in [5, 5.41) is 12.3. The lowest BCUT2D eigenvalue weighted by Crippen LogP contribution is -2.14. The summed E-state index contributed by atoms with van der Waals surface area (Å²) in [7, 11) is 0. The molecule has 0 amide bonds. The van der Waals surface area contributed by atoms with Gasteiger partial charge in [-0.1, -0.05) is 68.0 Å². The van der Waals surface area contributed by atoms with Crippen molar-refractivity contribution in [2.75, 3.05) is 0 Å². The molecule has 7 heteroatoms. The number of aliphatic imine (C=N–C) groups is 1. The lowest BCUT2D eigenvalue weighted by Gasteiger charge is -2.17. The first kappa shape index (κ1) is 20.2. The van der Waals surface area contributed by atoms with E-state index in [0.717, 1.165) is 22.6 Å². The van der Waals surface area contributed by atoms with Gasteiger partial charge >= 0.3 is 0 Å². The van der Waals surface area contributed by atoms with Crippen LogP contribution in [0.5, 0.6) is 0 Å². The fourth-order valence-electron chi connectivity index (χ4n) is 2.74. The molecule has 0 aliphatic carbocycles. The number of nitro benzene ring substituents is 1. The summed E-state index contributed by atoms with van der Waals surface area (Å²) in [6.07, 6.45) is 2.37. The van der Waals surface area contributed by atoms with Gasteiger partial charge in [0.25, 0.3) is 5.69 Å². The van der Waals surface area contributed by atoms with Crippen molar-refractivity contribution in [1.29, 1.82) is 0 Å². The molecule has 0 spiro atoms. The quantitative estimate of drug-likeness (QED) is 0.278. The predicted molar refractivity (Wildman–Crippen MR) is 115 cm³/mol. The second kappa shape index (κ2) is 8.20. The van der Waals surface area contributed by atoms with Gasteiger partial charge in [0, 0.05) is 40.1 Å². The molecular formula is C21H20ClN3O2S. The zero-order valence-corrected chi connectivity index (χ0v) is 17.4. The molecule has 0 saturated carbocycles. The van der Waals surface area contributed by atoms with Gasteiger partial charge in [0.2, 0.25) is 5.13 Å². The van der Waals surface area contributed by atoms with E-state index in [0.29, 0.717) is 15.7 Å². The van der Waals surface area contributed by atoms with Gasteiger partial charge in [-0.05, 0) is 23.3 Å². The highest BCUT2D eigenvalue weighted by Gasteiger charge is 2.23. The molecule has 1 heterocycles. The van der Waals surface area contributed by atoms with E-state index in [9.17, 15) is 10.1 Å². The zero-order chi connectivity index (χ0) is 20.3. The molecule has 2 aromatic carbocycles. The second-order valence-corrected chi connectivity index (χ2v) is 8.93. The third kappa shape index (κ3) is 5.03. The van der Waals surface area contributed by atoms with E-state index in [1.54, 1.807) is 18.3 Å². The zero-order valence-electron chi connectivity index (χ0n) is 15.8. The Morgan fingerprint density at radius 1 is 1.21 bits per heavy atom. The van der Waals surface area contributed by atoms with E-state index in [4.69, 9.17) is 16.6 Å². The second-order valence-electron chi connectivity index (χ2n) is 7.43. The molecule has 1 aromatic heterocycles. The van der Waals surface area contributed by atoms with Crippen LogP contribution < -0.4 is 0 Å². The number of nitrogens with zero attached hydrogens (tertiary/aromatic N) is 3. The Morgan fingerprint density at radius 2 is 1.93 bits per heavy atom. The smallest absolute Gasteiger partial charge is 0.258 e. The number of non-ortho nitro benzene ring substituents is 1. The van der Waals surface area contributed by atoms with Crippen LogP contribution in [0.2, 0.25) is 5.02 Å². The van der Waals surface area contributed by atoms with Crippen molar-refractivity contribution in [2.45, 2.75) is 32.6 Å². The molecule has 0 aliphatic rings. The average molecular weight is 414 g/mol. The number of rotatable bonds is 5. The maximum Gasteiger partial charge on any atom is 0.270 e. The van der Waals surface area contributed by atoms with Crippen LogP contribution in [0.1, 0.15) is 42.5 Å². The lowest BCUT2D eigenvalue weighted by atomic mass is 9.90. The lowest BCUT2D eigenvalue weighted by molar-refractivity contribution is -0.384. The standard InChI is InChI=1S/C21H20ClN3O2S/c1-21(2,3)19-18(12-14-7-9-16(22)10-8-14)28-20(24-19)23-13-15-5-4-6-17(11-15)25(26)27/h4-11,13H,12H2,1-3H3. The molecule has 3 rings (SSSR count). The van der Waals surface area contributed by atoms with Crippen molar-refractivity contribution in [2.24, 2.45) is 4.99 Å². The summed E-state index contributed by atoms with van der Waals surface area (Å²) in [6, 6.07) is 14.2. The third-order valence-corrected chi connectivity index (χ3v) is 5.29. The van der Waals surface area contributed by atoms with Crippen molar-refractivity contribution in [3.8, 4) is 0 Å². The summed E-state index contributed by atoms with van der Waals surface area (Å²) in [4.78, 5) is 20.9. The van der Waals surface area contributed by atoms with E-state index in [1.165, 1.54) is 23.5 Å². The Bertz CT molecular complexity index is 1020. The molecule has 144 valence electrons. The summed E-state index contributed by atoms with van der Waals surface area (Å²) in [5.74, 6) is 0. The van der Waals surface area contributed by atoms with Crippen LogP contribution in [0, 0.1) is 10.1 Å². The normalized spacial score (nSPS) is 11.9. The van der Waals surface area contributed by atoms with E-state index in [1.807, 2.05) is 24.3 Å². The van der Waals surface area contributed by atoms with Gasteiger partial charge in [0.05, 0.1) is 10.6 Å². The summed E-state index contributed by atoms with van der Waals surface area (Å²) < 4.78 is 0. The van der Waals surface area contributed by atoms with E-state index < -0.39 is 4.92 Å². The first-order chi connectivity index (χ1) is 13.2. The van der Waals surface area contributed by atoms with Crippen LogP contribution >= 0.6 is 22.9 Å². The maximum absolute atomic E-state index is 10.9. The molecule has 0 fully saturated rings. The fraction of sp³-hybridized carbons (Fsp3) is 0.238. The topological polar surface area (TPSA) is 68.4 Å². The van der Waals surface area contributed by atoms with Crippen molar-refractivity contribution < 1.29 is 4.92 Å². The number of hydrogen-bond acceptors (Lipinski definition) is 5. The molecule has 0 N–H and O–H groups in total. The van der Waals surface area contributed by atoms with Gasteiger partial charge < -0.3 is 0 Å². The minimum atomic E-state index is -0.414. The highest BCUT2D eigenvalue weighted by atomic mass is 35.5. The van der Waals surface area contributed by atoms with Gasteiger partial charge in [-0.2, -0.15) is 0 Å². The van der Waals surface area contributed by atoms with Gasteiger partial charge in [-0.25, -0.2) is 9.98 Å². The Kier molecular flexibility index (Phi) is 5.91. The van der Waals surface area contributed by atoms with Crippen LogP contribution in [-0.4, -0.2) is 16.1 Å². The molecule has 0 aliphatic heterocycles. The summed E-state index contributed by atoms with van der Waals surface area (Å²) in [6.45, 7) is 6.38. The minimum absolute atomic E-state index is 0.0434. The van der Waals surface area contributed by atoms with Gasteiger partial charge in [0.1, 0.15) is 0 Å². The predicted octanol–water partition coefficient (Wildman–Crippen LogP) is 6.34. The van der Waals surface area contributed by atoms with E-state index >= 15 is 0 Å². The van der Waals surface area contributed by atoms with Crippen LogP contribution in [0.15, 0.2) is 53.5 Å².